The number of thiol groups is 2. The van der Waals surface area contributed by atoms with Gasteiger partial charge in [0.05, 0.1) is 99.1 Å². The Morgan fingerprint density at radius 1 is 0.481 bits per heavy atom. The van der Waals surface area contributed by atoms with Crippen LogP contribution in [0.25, 0.3) is 0 Å². The van der Waals surface area contributed by atoms with Gasteiger partial charge in [-0.15, -0.1) is 25.3 Å². The lowest BCUT2D eigenvalue weighted by Crippen LogP contribution is -2.22. The topological polar surface area (TPSA) is 105 Å². The van der Waals surface area contributed by atoms with Gasteiger partial charge in [-0.2, -0.15) is 0 Å². The van der Waals surface area contributed by atoms with Crippen LogP contribution in [0.5, 0.6) is 0 Å². The second-order valence-corrected chi connectivity index (χ2v) is 7.06. The van der Waals surface area contributed by atoms with Crippen molar-refractivity contribution in [2.45, 2.75) is 4.27 Å². The summed E-state index contributed by atoms with van der Waals surface area (Å²) in [5, 5.41) is 17.7. The van der Waals surface area contributed by atoms with Crippen LogP contribution in [0.4, 0.5) is 0 Å². The Hall–Kier alpha value is 0.340. The van der Waals surface area contributed by atoms with Crippen molar-refractivity contribution in [1.82, 2.24) is 0 Å². The molecule has 2 N–H and O–H groups in total. The van der Waals surface area contributed by atoms with Crippen molar-refractivity contribution in [3.05, 3.63) is 0 Å². The third-order valence-electron chi connectivity index (χ3n) is 2.76. The molecule has 0 aliphatic carbocycles. The van der Waals surface area contributed by atoms with Crippen LogP contribution in [0.2, 0.25) is 0 Å². The summed E-state index contributed by atoms with van der Waals surface area (Å²) in [6.07, 6.45) is 0. The molecule has 0 aromatic heterocycles. The smallest absolute Gasteiger partial charge is 0.175 e. The van der Waals surface area contributed by atoms with Gasteiger partial charge in [-0.05, 0) is 0 Å². The number of hydrogen-bond donors (Lipinski definition) is 4. The Labute approximate surface area is 172 Å². The van der Waals surface area contributed by atoms with E-state index in [-0.39, 0.29) is 13.2 Å². The Morgan fingerprint density at radius 3 is 1.00 bits per heavy atom. The summed E-state index contributed by atoms with van der Waals surface area (Å²) < 4.78 is 35.4. The number of aliphatic hydroxyl groups is 2. The molecule has 0 saturated carbocycles. The fourth-order valence-electron chi connectivity index (χ4n) is 1.59. The van der Waals surface area contributed by atoms with Crippen LogP contribution in [0, 0.1) is 0 Å². The molecule has 0 aliphatic heterocycles. The summed E-state index contributed by atoms with van der Waals surface area (Å²) in [5.41, 5.74) is 0. The predicted octanol–water partition coefficient (Wildman–Crippen LogP) is -0.399. The molecule has 0 bridgehead atoms. The lowest BCUT2D eigenvalue weighted by atomic mass is 10.6. The third kappa shape index (κ3) is 26.3. The van der Waals surface area contributed by atoms with E-state index in [2.05, 4.69) is 25.3 Å². The molecule has 0 rings (SSSR count). The first-order valence-electron chi connectivity index (χ1n) is 8.88. The van der Waals surface area contributed by atoms with Crippen molar-refractivity contribution in [2.24, 2.45) is 0 Å². The zero-order valence-corrected chi connectivity index (χ0v) is 17.5. The summed E-state index contributed by atoms with van der Waals surface area (Å²) in [5.74, 6) is 0. The van der Waals surface area contributed by atoms with Crippen LogP contribution < -0.4 is 0 Å². The van der Waals surface area contributed by atoms with E-state index in [1.807, 2.05) is 0 Å². The molecule has 0 amide bonds. The molecule has 164 valence electrons. The first-order chi connectivity index (χ1) is 13.1. The summed E-state index contributed by atoms with van der Waals surface area (Å²) in [6, 6.07) is 0. The fraction of sp³-hybridized carbons (Fsp3) is 1.00. The molecule has 11 heteroatoms. The lowest BCUT2D eigenvalue weighted by molar-refractivity contribution is -0.0236. The molecule has 0 aliphatic rings. The first kappa shape index (κ1) is 27.3. The minimum Gasteiger partial charge on any atom is -0.394 e. The maximum atomic E-state index is 9.18. The quantitative estimate of drug-likeness (QED) is 0.103. The van der Waals surface area contributed by atoms with Gasteiger partial charge < -0.3 is 43.4 Å². The second kappa shape index (κ2) is 21.1. The van der Waals surface area contributed by atoms with Crippen LogP contribution in [-0.4, -0.2) is 114 Å². The Morgan fingerprint density at radius 2 is 0.741 bits per heavy atom. The molecule has 27 heavy (non-hydrogen) atoms. The number of ether oxygens (including phenoxy) is 7. The molecule has 0 saturated heterocycles. The van der Waals surface area contributed by atoms with Crippen molar-refractivity contribution in [2.75, 3.05) is 99.1 Å². The van der Waals surface area contributed by atoms with Crippen molar-refractivity contribution in [3.63, 3.8) is 0 Å². The van der Waals surface area contributed by atoms with Crippen molar-refractivity contribution in [3.8, 4) is 0 Å². The molecular formula is C16H34O9S2. The van der Waals surface area contributed by atoms with Gasteiger partial charge in [-0.25, -0.2) is 0 Å². The minimum atomic E-state index is -1.42. The average Bonchev–Trinajstić information content (AvgIpc) is 2.62. The monoisotopic (exact) mass is 434 g/mol. The molecule has 9 nitrogen and oxygen atoms in total. The Kier molecular flexibility index (Phi) is 21.3. The van der Waals surface area contributed by atoms with Gasteiger partial charge in [-0.3, -0.25) is 0 Å². The largest absolute Gasteiger partial charge is 0.394 e. The summed E-state index contributed by atoms with van der Waals surface area (Å²) >= 11 is 7.59. The molecule has 0 unspecified atom stereocenters. The molecular weight excluding hydrogens is 400 g/mol. The highest BCUT2D eigenvalue weighted by Crippen LogP contribution is 2.14. The van der Waals surface area contributed by atoms with E-state index >= 15 is 0 Å². The van der Waals surface area contributed by atoms with Crippen LogP contribution in [-0.2, 0) is 33.2 Å². The summed E-state index contributed by atoms with van der Waals surface area (Å²) in [4.78, 5) is 0. The highest BCUT2D eigenvalue weighted by molar-refractivity contribution is 8.00. The second-order valence-electron chi connectivity index (χ2n) is 5.22. The summed E-state index contributed by atoms with van der Waals surface area (Å²) in [7, 11) is 0. The van der Waals surface area contributed by atoms with Gasteiger partial charge in [0, 0.05) is 0 Å². The van der Waals surface area contributed by atoms with Gasteiger partial charge in [-0.1, -0.05) is 0 Å². The normalized spacial score (nSPS) is 12.0. The van der Waals surface area contributed by atoms with Crippen molar-refractivity contribution < 1.29 is 43.4 Å². The minimum absolute atomic E-state index is 0.0214. The highest BCUT2D eigenvalue weighted by Gasteiger charge is 2.14. The SMILES string of the molecule is OCCOCCOCCOCCOCCOCCOCCOCC(O)(S)S. The maximum Gasteiger partial charge on any atom is 0.175 e. The molecule has 0 aromatic carbocycles. The van der Waals surface area contributed by atoms with E-state index < -0.39 is 4.27 Å². The van der Waals surface area contributed by atoms with E-state index in [1.54, 1.807) is 0 Å². The van der Waals surface area contributed by atoms with Crippen molar-refractivity contribution in [1.29, 1.82) is 0 Å². The van der Waals surface area contributed by atoms with Crippen LogP contribution in [0.15, 0.2) is 0 Å². The number of hydrogen-bond acceptors (Lipinski definition) is 11. The zero-order chi connectivity index (χ0) is 20.1. The van der Waals surface area contributed by atoms with Gasteiger partial charge in [0.25, 0.3) is 0 Å². The van der Waals surface area contributed by atoms with Crippen LogP contribution in [0.1, 0.15) is 0 Å². The van der Waals surface area contributed by atoms with E-state index in [0.29, 0.717) is 85.9 Å². The Balaban J connectivity index is 3.01. The first-order valence-corrected chi connectivity index (χ1v) is 9.78. The van der Waals surface area contributed by atoms with Gasteiger partial charge in [0.15, 0.2) is 4.27 Å². The van der Waals surface area contributed by atoms with Gasteiger partial charge >= 0.3 is 0 Å². The highest BCUT2D eigenvalue weighted by atomic mass is 32.2. The molecule has 0 fully saturated rings. The van der Waals surface area contributed by atoms with E-state index in [4.69, 9.17) is 38.3 Å². The van der Waals surface area contributed by atoms with E-state index in [1.165, 1.54) is 0 Å². The van der Waals surface area contributed by atoms with Crippen molar-refractivity contribution >= 4 is 25.3 Å². The number of aliphatic hydroxyl groups excluding tert-OH is 1. The average molecular weight is 435 g/mol. The van der Waals surface area contributed by atoms with Gasteiger partial charge in [0.2, 0.25) is 0 Å². The third-order valence-corrected chi connectivity index (χ3v) is 3.02. The molecule has 0 atom stereocenters. The standard InChI is InChI=1S/C16H34O9S2/c17-1-2-19-3-4-20-5-6-21-7-8-22-9-10-23-11-12-24-13-14-25-15-16(18,26)27/h17-18,26-27H,1-15H2. The predicted molar refractivity (Wildman–Crippen MR) is 106 cm³/mol. The van der Waals surface area contributed by atoms with Gasteiger partial charge in [0.1, 0.15) is 0 Å². The fourth-order valence-corrected chi connectivity index (χ4v) is 1.78. The van der Waals surface area contributed by atoms with E-state index in [9.17, 15) is 5.11 Å². The lowest BCUT2D eigenvalue weighted by Gasteiger charge is -2.14. The molecule has 0 spiro atoms. The number of rotatable bonds is 22. The molecule has 0 aromatic rings. The summed E-state index contributed by atoms with van der Waals surface area (Å²) in [6.45, 7) is 6.03. The molecule has 0 heterocycles. The maximum absolute atomic E-state index is 9.18. The van der Waals surface area contributed by atoms with Crippen LogP contribution >= 0.6 is 25.3 Å². The zero-order valence-electron chi connectivity index (χ0n) is 15.8. The molecule has 0 radical (unpaired) electrons. The van der Waals surface area contributed by atoms with Crippen LogP contribution in [0.3, 0.4) is 0 Å². The Bertz CT molecular complexity index is 294. The van der Waals surface area contributed by atoms with E-state index in [0.717, 1.165) is 0 Å².